The Morgan fingerprint density at radius 1 is 1.17 bits per heavy atom. The van der Waals surface area contributed by atoms with Crippen LogP contribution >= 0.6 is 0 Å². The number of hydrogen-bond acceptors (Lipinski definition) is 3. The van der Waals surface area contributed by atoms with E-state index < -0.39 is 0 Å². The first-order valence-electron chi connectivity index (χ1n) is 8.78. The first-order chi connectivity index (χ1) is 11.7. The molecule has 0 fully saturated rings. The lowest BCUT2D eigenvalue weighted by molar-refractivity contribution is 0.329. The predicted molar refractivity (Wildman–Crippen MR) is 98.9 cm³/mol. The first kappa shape index (κ1) is 18.1. The predicted octanol–water partition coefficient (Wildman–Crippen LogP) is 4.63. The van der Waals surface area contributed by atoms with Crippen LogP contribution in [0.15, 0.2) is 41.7 Å². The van der Waals surface area contributed by atoms with Gasteiger partial charge in [0.1, 0.15) is 6.61 Å². The lowest BCUT2D eigenvalue weighted by atomic mass is 10.1. The summed E-state index contributed by atoms with van der Waals surface area (Å²) in [4.78, 5) is 12.7. The minimum Gasteiger partial charge on any atom is -0.504 e. The van der Waals surface area contributed by atoms with Gasteiger partial charge in [-0.15, -0.1) is 0 Å². The molecule has 1 aromatic carbocycles. The second-order valence-electron chi connectivity index (χ2n) is 6.02. The maximum Gasteiger partial charge on any atom is 0.297 e. The fourth-order valence-electron chi connectivity index (χ4n) is 2.91. The van der Waals surface area contributed by atoms with Gasteiger partial charge < -0.3 is 14.4 Å². The number of benzene rings is 1. The molecule has 0 amide bonds. The number of ether oxygens (including phenoxy) is 1. The number of aromatic hydroxyl groups is 1. The third-order valence-electron chi connectivity index (χ3n) is 4.19. The van der Waals surface area contributed by atoms with Crippen LogP contribution in [0.3, 0.4) is 0 Å². The zero-order chi connectivity index (χ0) is 17.4. The van der Waals surface area contributed by atoms with E-state index in [1.807, 2.05) is 24.3 Å². The molecule has 4 nitrogen and oxygen atoms in total. The average molecular weight is 329 g/mol. The van der Waals surface area contributed by atoms with Crippen LogP contribution < -0.4 is 10.3 Å². The van der Waals surface area contributed by atoms with Crippen molar-refractivity contribution in [3.05, 3.63) is 47.3 Å². The number of hydrogen-bond donors (Lipinski definition) is 1. The number of fused-ring (bicyclic) bond motifs is 1. The van der Waals surface area contributed by atoms with Gasteiger partial charge in [0.05, 0.1) is 5.52 Å². The number of para-hydroxylation sites is 1. The summed E-state index contributed by atoms with van der Waals surface area (Å²) in [5.74, 6) is -0.0729. The van der Waals surface area contributed by atoms with Gasteiger partial charge in [0, 0.05) is 11.9 Å². The molecule has 0 saturated carbocycles. The Kier molecular flexibility index (Phi) is 6.91. The summed E-state index contributed by atoms with van der Waals surface area (Å²) in [7, 11) is 0. The van der Waals surface area contributed by atoms with Crippen LogP contribution in [-0.4, -0.2) is 16.3 Å². The van der Waals surface area contributed by atoms with Crippen molar-refractivity contribution >= 4 is 10.9 Å². The van der Waals surface area contributed by atoms with Crippen LogP contribution in [0.5, 0.6) is 11.5 Å². The lowest BCUT2D eigenvalue weighted by Gasteiger charge is -2.15. The minimum absolute atomic E-state index is 0.0135. The van der Waals surface area contributed by atoms with Crippen molar-refractivity contribution in [3.63, 3.8) is 0 Å². The zero-order valence-electron chi connectivity index (χ0n) is 14.5. The number of rotatable bonds is 10. The summed E-state index contributed by atoms with van der Waals surface area (Å²) in [6, 6.07) is 7.40. The van der Waals surface area contributed by atoms with Gasteiger partial charge in [0.25, 0.3) is 5.56 Å². The fourth-order valence-corrected chi connectivity index (χ4v) is 2.91. The van der Waals surface area contributed by atoms with Crippen molar-refractivity contribution in [3.8, 4) is 11.5 Å². The van der Waals surface area contributed by atoms with E-state index in [-0.39, 0.29) is 23.7 Å². The van der Waals surface area contributed by atoms with Gasteiger partial charge >= 0.3 is 0 Å². The van der Waals surface area contributed by atoms with Crippen molar-refractivity contribution in [2.24, 2.45) is 0 Å². The highest BCUT2D eigenvalue weighted by molar-refractivity contribution is 5.87. The molecule has 2 aromatic rings. The van der Waals surface area contributed by atoms with E-state index in [0.717, 1.165) is 18.4 Å². The molecule has 0 spiro atoms. The molecule has 4 heteroatoms. The normalized spacial score (nSPS) is 10.9. The van der Waals surface area contributed by atoms with Gasteiger partial charge in [-0.2, -0.15) is 0 Å². The lowest BCUT2D eigenvalue weighted by Crippen LogP contribution is -2.23. The monoisotopic (exact) mass is 329 g/mol. The van der Waals surface area contributed by atoms with Gasteiger partial charge in [0.15, 0.2) is 5.75 Å². The maximum absolute atomic E-state index is 12.7. The Labute approximate surface area is 143 Å². The van der Waals surface area contributed by atoms with Crippen molar-refractivity contribution < 1.29 is 9.84 Å². The van der Waals surface area contributed by atoms with Crippen LogP contribution in [0.1, 0.15) is 45.4 Å². The smallest absolute Gasteiger partial charge is 0.297 e. The van der Waals surface area contributed by atoms with E-state index in [2.05, 4.69) is 13.5 Å². The largest absolute Gasteiger partial charge is 0.504 e. The van der Waals surface area contributed by atoms with E-state index in [4.69, 9.17) is 4.74 Å². The topological polar surface area (TPSA) is 51.5 Å². The number of unbranched alkanes of at least 4 members (excludes halogenated alkanes) is 5. The van der Waals surface area contributed by atoms with Gasteiger partial charge in [0.2, 0.25) is 5.75 Å². The zero-order valence-corrected chi connectivity index (χ0v) is 14.5. The third kappa shape index (κ3) is 4.19. The molecule has 1 aromatic heterocycles. The Hall–Kier alpha value is -2.23. The Morgan fingerprint density at radius 3 is 2.62 bits per heavy atom. The number of aryl methyl sites for hydroxylation is 1. The third-order valence-corrected chi connectivity index (χ3v) is 4.19. The standard InChI is InChI=1S/C20H27NO3/c1-3-5-6-7-8-11-14-21-17-13-10-9-12-16(17)18(22)19(20(21)23)24-15-4-2/h4,9-10,12-13,22H,2-3,5-8,11,14-15H2,1H3. The van der Waals surface area contributed by atoms with Crippen LogP contribution in [-0.2, 0) is 6.54 Å². The summed E-state index contributed by atoms with van der Waals surface area (Å²) < 4.78 is 7.14. The number of aromatic nitrogens is 1. The molecule has 1 N–H and O–H groups in total. The highest BCUT2D eigenvalue weighted by atomic mass is 16.5. The van der Waals surface area contributed by atoms with Crippen molar-refractivity contribution in [1.82, 2.24) is 4.57 Å². The molecule has 0 atom stereocenters. The molecule has 0 bridgehead atoms. The average Bonchev–Trinajstić information content (AvgIpc) is 2.60. The summed E-state index contributed by atoms with van der Waals surface area (Å²) in [6.45, 7) is 6.62. The summed E-state index contributed by atoms with van der Waals surface area (Å²) in [5.41, 5.74) is 0.473. The van der Waals surface area contributed by atoms with E-state index in [0.29, 0.717) is 11.9 Å². The highest BCUT2D eigenvalue weighted by Gasteiger charge is 2.16. The summed E-state index contributed by atoms with van der Waals surface area (Å²) >= 11 is 0. The Balaban J connectivity index is 2.26. The van der Waals surface area contributed by atoms with Crippen molar-refractivity contribution in [2.75, 3.05) is 6.61 Å². The quantitative estimate of drug-likeness (QED) is 0.510. The van der Waals surface area contributed by atoms with Crippen LogP contribution in [0, 0.1) is 0 Å². The van der Waals surface area contributed by atoms with Gasteiger partial charge in [-0.05, 0) is 18.6 Å². The number of nitrogens with zero attached hydrogens (tertiary/aromatic N) is 1. The van der Waals surface area contributed by atoms with E-state index in [9.17, 15) is 9.90 Å². The molecule has 0 aliphatic heterocycles. The minimum atomic E-state index is -0.276. The molecular weight excluding hydrogens is 302 g/mol. The van der Waals surface area contributed by atoms with Crippen LogP contribution in [0.4, 0.5) is 0 Å². The molecule has 0 aliphatic carbocycles. The second kappa shape index (κ2) is 9.16. The van der Waals surface area contributed by atoms with Gasteiger partial charge in [-0.3, -0.25) is 4.79 Å². The highest BCUT2D eigenvalue weighted by Crippen LogP contribution is 2.31. The Morgan fingerprint density at radius 2 is 1.88 bits per heavy atom. The Bertz CT molecular complexity index is 733. The molecule has 2 rings (SSSR count). The molecule has 0 saturated heterocycles. The summed E-state index contributed by atoms with van der Waals surface area (Å²) in [6.07, 6.45) is 8.54. The summed E-state index contributed by atoms with van der Waals surface area (Å²) in [5, 5.41) is 11.0. The molecule has 130 valence electrons. The second-order valence-corrected chi connectivity index (χ2v) is 6.02. The molecule has 0 radical (unpaired) electrons. The molecule has 24 heavy (non-hydrogen) atoms. The van der Waals surface area contributed by atoms with Crippen molar-refractivity contribution in [2.45, 2.75) is 52.0 Å². The fraction of sp³-hybridized carbons (Fsp3) is 0.450. The maximum atomic E-state index is 12.7. The first-order valence-corrected chi connectivity index (χ1v) is 8.78. The van der Waals surface area contributed by atoms with E-state index in [1.165, 1.54) is 25.7 Å². The molecule has 0 aliphatic rings. The van der Waals surface area contributed by atoms with E-state index >= 15 is 0 Å². The van der Waals surface area contributed by atoms with Gasteiger partial charge in [-0.1, -0.05) is 63.8 Å². The van der Waals surface area contributed by atoms with Crippen LogP contribution in [0.2, 0.25) is 0 Å². The van der Waals surface area contributed by atoms with Crippen LogP contribution in [0.25, 0.3) is 10.9 Å². The molecule has 1 heterocycles. The molecule has 0 unspecified atom stereocenters. The van der Waals surface area contributed by atoms with Crippen molar-refractivity contribution in [1.29, 1.82) is 0 Å². The SMILES string of the molecule is C=CCOc1c(O)c2ccccc2n(CCCCCCCC)c1=O. The van der Waals surface area contributed by atoms with E-state index in [1.54, 1.807) is 10.6 Å². The molecular formula is C20H27NO3. The number of pyridine rings is 1. The van der Waals surface area contributed by atoms with Gasteiger partial charge in [-0.25, -0.2) is 0 Å².